The molecule has 0 saturated heterocycles. The van der Waals surface area contributed by atoms with Crippen molar-refractivity contribution in [1.29, 1.82) is 0 Å². The predicted octanol–water partition coefficient (Wildman–Crippen LogP) is 3.45. The van der Waals surface area contributed by atoms with Crippen LogP contribution in [-0.4, -0.2) is 42.0 Å². The van der Waals surface area contributed by atoms with Crippen LogP contribution in [0.15, 0.2) is 30.3 Å². The highest BCUT2D eigenvalue weighted by Gasteiger charge is 2.15. The van der Waals surface area contributed by atoms with Crippen molar-refractivity contribution in [3.05, 3.63) is 47.3 Å². The first kappa shape index (κ1) is 20.4. The molecule has 0 atom stereocenters. The lowest BCUT2D eigenvalue weighted by Crippen LogP contribution is -2.28. The molecular formula is C20H26N4O3. The average molecular weight is 370 g/mol. The van der Waals surface area contributed by atoms with Gasteiger partial charge < -0.3 is 15.0 Å². The van der Waals surface area contributed by atoms with Crippen LogP contribution in [0.4, 0.5) is 11.6 Å². The van der Waals surface area contributed by atoms with E-state index >= 15 is 0 Å². The molecular weight excluding hydrogens is 344 g/mol. The molecule has 0 aliphatic carbocycles. The molecule has 27 heavy (non-hydrogen) atoms. The standard InChI is InChI=1S/C20H26N4O3/c1-5-11-24(12-6-2)20-21-14(3)13-17(23-20)18(25)22-16-9-7-15(8-10-16)19(26)27-4/h7-10,13H,5-6,11-12H2,1-4H3,(H,22,25). The molecule has 7 heteroatoms. The van der Waals surface area contributed by atoms with Crippen LogP contribution in [0, 0.1) is 6.92 Å². The Labute approximate surface area is 159 Å². The average Bonchev–Trinajstić information content (AvgIpc) is 2.67. The Bertz CT molecular complexity index is 784. The van der Waals surface area contributed by atoms with E-state index in [1.54, 1.807) is 30.3 Å². The van der Waals surface area contributed by atoms with E-state index in [9.17, 15) is 9.59 Å². The lowest BCUT2D eigenvalue weighted by Gasteiger charge is -2.22. The molecule has 2 rings (SSSR count). The summed E-state index contributed by atoms with van der Waals surface area (Å²) in [6.07, 6.45) is 1.96. The summed E-state index contributed by atoms with van der Waals surface area (Å²) >= 11 is 0. The van der Waals surface area contributed by atoms with Crippen molar-refractivity contribution < 1.29 is 14.3 Å². The lowest BCUT2D eigenvalue weighted by atomic mass is 10.2. The van der Waals surface area contributed by atoms with Crippen molar-refractivity contribution in [2.24, 2.45) is 0 Å². The number of amides is 1. The number of aromatic nitrogens is 2. The van der Waals surface area contributed by atoms with Crippen molar-refractivity contribution in [2.75, 3.05) is 30.4 Å². The summed E-state index contributed by atoms with van der Waals surface area (Å²) in [5.41, 5.74) is 2.05. The summed E-state index contributed by atoms with van der Waals surface area (Å²) in [6, 6.07) is 8.17. The molecule has 0 unspecified atom stereocenters. The van der Waals surface area contributed by atoms with E-state index in [1.165, 1.54) is 7.11 Å². The van der Waals surface area contributed by atoms with E-state index in [0.717, 1.165) is 31.6 Å². The van der Waals surface area contributed by atoms with Crippen molar-refractivity contribution >= 4 is 23.5 Å². The summed E-state index contributed by atoms with van der Waals surface area (Å²) in [7, 11) is 1.33. The number of methoxy groups -OCH3 is 1. The molecule has 1 heterocycles. The van der Waals surface area contributed by atoms with Gasteiger partial charge in [-0.15, -0.1) is 0 Å². The molecule has 1 aromatic carbocycles. The lowest BCUT2D eigenvalue weighted by molar-refractivity contribution is 0.0600. The van der Waals surface area contributed by atoms with E-state index in [4.69, 9.17) is 0 Å². The van der Waals surface area contributed by atoms with Crippen LogP contribution in [0.25, 0.3) is 0 Å². The number of nitrogens with zero attached hydrogens (tertiary/aromatic N) is 3. The van der Waals surface area contributed by atoms with Gasteiger partial charge in [-0.3, -0.25) is 4.79 Å². The van der Waals surface area contributed by atoms with E-state index in [-0.39, 0.29) is 5.91 Å². The monoisotopic (exact) mass is 370 g/mol. The number of rotatable bonds is 8. The van der Waals surface area contributed by atoms with Crippen molar-refractivity contribution in [3.8, 4) is 0 Å². The Morgan fingerprint density at radius 3 is 2.26 bits per heavy atom. The number of benzene rings is 1. The first-order chi connectivity index (χ1) is 13.0. The zero-order valence-corrected chi connectivity index (χ0v) is 16.3. The molecule has 0 fully saturated rings. The van der Waals surface area contributed by atoms with E-state index in [1.807, 2.05) is 6.92 Å². The highest BCUT2D eigenvalue weighted by Crippen LogP contribution is 2.15. The molecule has 0 saturated carbocycles. The van der Waals surface area contributed by atoms with Gasteiger partial charge in [0.1, 0.15) is 5.69 Å². The third-order valence-electron chi connectivity index (χ3n) is 3.91. The highest BCUT2D eigenvalue weighted by atomic mass is 16.5. The normalized spacial score (nSPS) is 10.4. The van der Waals surface area contributed by atoms with Gasteiger partial charge in [0.05, 0.1) is 12.7 Å². The van der Waals surface area contributed by atoms with Crippen molar-refractivity contribution in [3.63, 3.8) is 0 Å². The maximum absolute atomic E-state index is 12.6. The van der Waals surface area contributed by atoms with Crippen LogP contribution < -0.4 is 10.2 Å². The number of carbonyl (C=O) groups is 2. The van der Waals surface area contributed by atoms with E-state index in [0.29, 0.717) is 22.9 Å². The molecule has 144 valence electrons. The van der Waals surface area contributed by atoms with Crippen LogP contribution in [0.5, 0.6) is 0 Å². The number of nitrogens with one attached hydrogen (secondary N) is 1. The van der Waals surface area contributed by atoms with Gasteiger partial charge in [-0.05, 0) is 50.1 Å². The Balaban J connectivity index is 2.19. The zero-order valence-electron chi connectivity index (χ0n) is 16.3. The second kappa shape index (κ2) is 9.66. The van der Waals surface area contributed by atoms with Gasteiger partial charge in [0, 0.05) is 24.5 Å². The van der Waals surface area contributed by atoms with Gasteiger partial charge in [-0.1, -0.05) is 13.8 Å². The number of ether oxygens (including phenoxy) is 1. The number of hydrogen-bond donors (Lipinski definition) is 1. The molecule has 0 bridgehead atoms. The second-order valence-electron chi connectivity index (χ2n) is 6.20. The molecule has 0 aliphatic heterocycles. The SMILES string of the molecule is CCCN(CCC)c1nc(C)cc(C(=O)Nc2ccc(C(=O)OC)cc2)n1. The quantitative estimate of drug-likeness (QED) is 0.717. The Kier molecular flexibility index (Phi) is 7.28. The predicted molar refractivity (Wildman–Crippen MR) is 105 cm³/mol. The zero-order chi connectivity index (χ0) is 19.8. The number of anilines is 2. The minimum absolute atomic E-state index is 0.312. The van der Waals surface area contributed by atoms with Crippen molar-refractivity contribution in [2.45, 2.75) is 33.6 Å². The largest absolute Gasteiger partial charge is 0.465 e. The van der Waals surface area contributed by atoms with Crippen LogP contribution >= 0.6 is 0 Å². The topological polar surface area (TPSA) is 84.4 Å². The van der Waals surface area contributed by atoms with E-state index in [2.05, 4.69) is 38.8 Å². The Morgan fingerprint density at radius 1 is 1.07 bits per heavy atom. The Morgan fingerprint density at radius 2 is 1.70 bits per heavy atom. The number of hydrogen-bond acceptors (Lipinski definition) is 6. The third kappa shape index (κ3) is 5.51. The molecule has 7 nitrogen and oxygen atoms in total. The molecule has 1 N–H and O–H groups in total. The van der Waals surface area contributed by atoms with Crippen LogP contribution in [0.3, 0.4) is 0 Å². The van der Waals surface area contributed by atoms with Gasteiger partial charge in [0.2, 0.25) is 5.95 Å². The molecule has 0 aliphatic rings. The molecule has 0 spiro atoms. The minimum Gasteiger partial charge on any atom is -0.465 e. The molecule has 1 aromatic heterocycles. The molecule has 1 amide bonds. The van der Waals surface area contributed by atoms with Crippen LogP contribution in [0.1, 0.15) is 53.2 Å². The van der Waals surface area contributed by atoms with Gasteiger partial charge in [0.25, 0.3) is 5.91 Å². The molecule has 2 aromatic rings. The van der Waals surface area contributed by atoms with Crippen LogP contribution in [-0.2, 0) is 4.74 Å². The van der Waals surface area contributed by atoms with Gasteiger partial charge >= 0.3 is 5.97 Å². The minimum atomic E-state index is -0.420. The number of esters is 1. The van der Waals surface area contributed by atoms with Gasteiger partial charge in [0.15, 0.2) is 0 Å². The number of aryl methyl sites for hydroxylation is 1. The first-order valence-electron chi connectivity index (χ1n) is 9.08. The van der Waals surface area contributed by atoms with Gasteiger partial charge in [-0.25, -0.2) is 14.8 Å². The second-order valence-corrected chi connectivity index (χ2v) is 6.20. The number of carbonyl (C=O) groups excluding carboxylic acids is 2. The summed E-state index contributed by atoms with van der Waals surface area (Å²) in [5.74, 6) is -0.165. The maximum atomic E-state index is 12.6. The maximum Gasteiger partial charge on any atom is 0.337 e. The van der Waals surface area contributed by atoms with E-state index < -0.39 is 5.97 Å². The molecule has 0 radical (unpaired) electrons. The Hall–Kier alpha value is -2.96. The smallest absolute Gasteiger partial charge is 0.337 e. The summed E-state index contributed by atoms with van der Waals surface area (Å²) in [6.45, 7) is 7.73. The fourth-order valence-corrected chi connectivity index (χ4v) is 2.66. The summed E-state index contributed by atoms with van der Waals surface area (Å²) in [5, 5.41) is 2.80. The fourth-order valence-electron chi connectivity index (χ4n) is 2.66. The third-order valence-corrected chi connectivity index (χ3v) is 3.91. The summed E-state index contributed by atoms with van der Waals surface area (Å²) < 4.78 is 4.67. The van der Waals surface area contributed by atoms with Gasteiger partial charge in [-0.2, -0.15) is 0 Å². The van der Waals surface area contributed by atoms with Crippen molar-refractivity contribution in [1.82, 2.24) is 9.97 Å². The van der Waals surface area contributed by atoms with Crippen LogP contribution in [0.2, 0.25) is 0 Å². The summed E-state index contributed by atoms with van der Waals surface area (Å²) in [4.78, 5) is 35.1. The first-order valence-corrected chi connectivity index (χ1v) is 9.08. The highest BCUT2D eigenvalue weighted by molar-refractivity contribution is 6.03. The fraction of sp³-hybridized carbons (Fsp3) is 0.400.